The van der Waals surface area contributed by atoms with Crippen molar-refractivity contribution < 1.29 is 22.7 Å². The van der Waals surface area contributed by atoms with Gasteiger partial charge in [0.15, 0.2) is 11.5 Å². The van der Waals surface area contributed by atoms with Crippen LogP contribution in [0.1, 0.15) is 17.5 Å². The Kier molecular flexibility index (Phi) is 5.27. The summed E-state index contributed by atoms with van der Waals surface area (Å²) in [7, 11) is 1.14. The Balaban J connectivity index is 1.78. The molecule has 0 saturated carbocycles. The third-order valence-corrected chi connectivity index (χ3v) is 5.76. The Labute approximate surface area is 158 Å². The molecule has 1 amide bonds. The maximum absolute atomic E-state index is 12.6. The van der Waals surface area contributed by atoms with E-state index in [1.54, 1.807) is 48.3 Å². The molecule has 0 radical (unpaired) electrons. The molecule has 0 bridgehead atoms. The van der Waals surface area contributed by atoms with Gasteiger partial charge in [-0.1, -0.05) is 6.07 Å². The highest BCUT2D eigenvalue weighted by molar-refractivity contribution is 7.91. The third-order valence-electron chi connectivity index (χ3n) is 4.50. The lowest BCUT2D eigenvalue weighted by molar-refractivity contribution is -0.118. The molecule has 0 atom stereocenters. The van der Waals surface area contributed by atoms with E-state index in [-0.39, 0.29) is 11.7 Å². The van der Waals surface area contributed by atoms with Gasteiger partial charge in [0.1, 0.15) is 0 Å². The number of methoxy groups -OCH3 is 2. The number of amides is 1. The number of benzene rings is 2. The Hall–Kier alpha value is -2.74. The van der Waals surface area contributed by atoms with Gasteiger partial charge in [0.2, 0.25) is 15.9 Å². The number of aryl methyl sites for hydroxylation is 1. The summed E-state index contributed by atoms with van der Waals surface area (Å²) in [5.74, 6) is 0.888. The van der Waals surface area contributed by atoms with E-state index in [0.29, 0.717) is 35.6 Å². The first-order valence-corrected chi connectivity index (χ1v) is 10.1. The summed E-state index contributed by atoms with van der Waals surface area (Å²) in [5.41, 5.74) is 2.83. The minimum atomic E-state index is -3.61. The van der Waals surface area contributed by atoms with Crippen LogP contribution in [0, 0.1) is 0 Å². The van der Waals surface area contributed by atoms with Gasteiger partial charge in [-0.15, -0.1) is 0 Å². The minimum Gasteiger partial charge on any atom is -0.493 e. The van der Waals surface area contributed by atoms with Crippen molar-refractivity contribution in [3.05, 3.63) is 47.5 Å². The van der Waals surface area contributed by atoms with Crippen LogP contribution < -0.4 is 19.1 Å². The summed E-state index contributed by atoms with van der Waals surface area (Å²) < 4.78 is 38.1. The Bertz CT molecular complexity index is 972. The van der Waals surface area contributed by atoms with Crippen molar-refractivity contribution in [2.45, 2.75) is 18.6 Å². The zero-order chi connectivity index (χ0) is 19.6. The zero-order valence-corrected chi connectivity index (χ0v) is 16.3. The van der Waals surface area contributed by atoms with E-state index in [1.807, 2.05) is 0 Å². The molecule has 0 unspecified atom stereocenters. The van der Waals surface area contributed by atoms with Crippen molar-refractivity contribution in [2.75, 3.05) is 30.9 Å². The van der Waals surface area contributed by atoms with Gasteiger partial charge in [0, 0.05) is 24.8 Å². The van der Waals surface area contributed by atoms with E-state index in [0.717, 1.165) is 11.3 Å². The average molecular weight is 390 g/mol. The highest BCUT2D eigenvalue weighted by Crippen LogP contribution is 2.31. The lowest BCUT2D eigenvalue weighted by Gasteiger charge is -2.26. The lowest BCUT2D eigenvalue weighted by Crippen LogP contribution is -2.31. The van der Waals surface area contributed by atoms with Crippen LogP contribution in [-0.4, -0.2) is 35.6 Å². The monoisotopic (exact) mass is 390 g/mol. The molecule has 1 aliphatic rings. The molecule has 0 fully saturated rings. The first-order valence-electron chi connectivity index (χ1n) is 8.44. The Morgan fingerprint density at radius 3 is 2.48 bits per heavy atom. The molecule has 2 aromatic carbocycles. The molecule has 1 N–H and O–H groups in total. The second-order valence-corrected chi connectivity index (χ2v) is 8.07. The van der Waals surface area contributed by atoms with E-state index in [4.69, 9.17) is 9.47 Å². The van der Waals surface area contributed by atoms with Crippen molar-refractivity contribution in [2.24, 2.45) is 0 Å². The lowest BCUT2D eigenvalue weighted by atomic mass is 10.0. The van der Waals surface area contributed by atoms with Gasteiger partial charge in [0.05, 0.1) is 20.0 Å². The summed E-state index contributed by atoms with van der Waals surface area (Å²) in [5, 5.41) is 0. The number of fused-ring (bicyclic) bond motifs is 1. The van der Waals surface area contributed by atoms with Crippen LogP contribution in [0.2, 0.25) is 0 Å². The van der Waals surface area contributed by atoms with E-state index >= 15 is 0 Å². The summed E-state index contributed by atoms with van der Waals surface area (Å²) in [6.45, 7) is 0. The number of carbonyl (C=O) groups excluding carboxylic acids is 1. The average Bonchev–Trinajstić information content (AvgIpc) is 2.64. The quantitative estimate of drug-likeness (QED) is 0.819. The van der Waals surface area contributed by atoms with Gasteiger partial charge < -0.3 is 14.4 Å². The summed E-state index contributed by atoms with van der Waals surface area (Å²) in [6.07, 6.45) is 1.02. The molecule has 1 heterocycles. The molecule has 0 saturated heterocycles. The van der Waals surface area contributed by atoms with Crippen LogP contribution >= 0.6 is 0 Å². The van der Waals surface area contributed by atoms with Gasteiger partial charge in [0.25, 0.3) is 0 Å². The third kappa shape index (κ3) is 4.16. The maximum atomic E-state index is 12.6. The van der Waals surface area contributed by atoms with Crippen molar-refractivity contribution in [3.63, 3.8) is 0 Å². The molecule has 144 valence electrons. The summed E-state index contributed by atoms with van der Waals surface area (Å²) in [6, 6.07) is 10.2. The Morgan fingerprint density at radius 1 is 1.04 bits per heavy atom. The number of sulfonamides is 1. The number of nitrogens with zero attached hydrogens (tertiary/aromatic N) is 1. The van der Waals surface area contributed by atoms with Crippen LogP contribution in [0.3, 0.4) is 0 Å². The number of carbonyl (C=O) groups is 1. The second kappa shape index (κ2) is 7.48. The van der Waals surface area contributed by atoms with Crippen molar-refractivity contribution >= 4 is 27.3 Å². The van der Waals surface area contributed by atoms with Crippen LogP contribution in [0.15, 0.2) is 36.4 Å². The zero-order valence-electron chi connectivity index (χ0n) is 15.5. The van der Waals surface area contributed by atoms with E-state index in [9.17, 15) is 13.2 Å². The highest BCUT2D eigenvalue weighted by Gasteiger charge is 2.22. The van der Waals surface area contributed by atoms with Crippen LogP contribution in [0.25, 0.3) is 0 Å². The molecule has 3 rings (SSSR count). The number of hydrogen-bond donors (Lipinski definition) is 1. The number of hydrogen-bond acceptors (Lipinski definition) is 5. The number of anilines is 2. The van der Waals surface area contributed by atoms with Gasteiger partial charge in [-0.05, 0) is 47.9 Å². The summed E-state index contributed by atoms with van der Waals surface area (Å²) >= 11 is 0. The van der Waals surface area contributed by atoms with Gasteiger partial charge in [-0.2, -0.15) is 0 Å². The first-order chi connectivity index (χ1) is 12.8. The van der Waals surface area contributed by atoms with Crippen LogP contribution in [0.4, 0.5) is 11.4 Å². The van der Waals surface area contributed by atoms with E-state index < -0.39 is 10.0 Å². The van der Waals surface area contributed by atoms with E-state index in [2.05, 4.69) is 4.72 Å². The number of nitrogens with one attached hydrogen (secondary N) is 1. The van der Waals surface area contributed by atoms with Crippen LogP contribution in [-0.2, 0) is 27.0 Å². The largest absolute Gasteiger partial charge is 0.493 e. The maximum Gasteiger partial charge on any atom is 0.236 e. The molecular weight excluding hydrogens is 368 g/mol. The van der Waals surface area contributed by atoms with Gasteiger partial charge in [-0.3, -0.25) is 9.52 Å². The molecule has 0 aromatic heterocycles. The van der Waals surface area contributed by atoms with E-state index in [1.165, 1.54) is 14.2 Å². The van der Waals surface area contributed by atoms with Crippen LogP contribution in [0.5, 0.6) is 11.5 Å². The summed E-state index contributed by atoms with van der Waals surface area (Å²) in [4.78, 5) is 13.4. The standard InChI is InChI=1S/C19H22N2O5S/c1-21-16-7-6-15(11-14(16)5-9-19(21)22)20-27(23,24)12-13-4-8-17(25-2)18(10-13)26-3/h4,6-8,10-11,20H,5,9,12H2,1-3H3. The SMILES string of the molecule is COc1ccc(CS(=O)(=O)Nc2ccc3c(c2)CCC(=O)N3C)cc1OC. The first kappa shape index (κ1) is 19.0. The molecule has 1 aliphatic heterocycles. The molecule has 7 nitrogen and oxygen atoms in total. The highest BCUT2D eigenvalue weighted by atomic mass is 32.2. The number of ether oxygens (including phenoxy) is 2. The number of rotatable bonds is 6. The van der Waals surface area contributed by atoms with Crippen molar-refractivity contribution in [1.29, 1.82) is 0 Å². The fourth-order valence-electron chi connectivity index (χ4n) is 3.13. The molecule has 0 aliphatic carbocycles. The molecule has 0 spiro atoms. The second-order valence-electron chi connectivity index (χ2n) is 6.35. The molecular formula is C19H22N2O5S. The normalized spacial score (nSPS) is 13.9. The predicted molar refractivity (Wildman–Crippen MR) is 104 cm³/mol. The topological polar surface area (TPSA) is 84.9 Å². The fourth-order valence-corrected chi connectivity index (χ4v) is 4.30. The smallest absolute Gasteiger partial charge is 0.236 e. The Morgan fingerprint density at radius 2 is 1.78 bits per heavy atom. The molecule has 27 heavy (non-hydrogen) atoms. The fraction of sp³-hybridized carbons (Fsp3) is 0.316. The molecule has 8 heteroatoms. The van der Waals surface area contributed by atoms with Gasteiger partial charge in [-0.25, -0.2) is 8.42 Å². The van der Waals surface area contributed by atoms with Crippen molar-refractivity contribution in [3.8, 4) is 11.5 Å². The predicted octanol–water partition coefficient (Wildman–Crippen LogP) is 2.55. The minimum absolute atomic E-state index is 0.0595. The van der Waals surface area contributed by atoms with Crippen molar-refractivity contribution in [1.82, 2.24) is 0 Å². The molecule has 2 aromatic rings. The van der Waals surface area contributed by atoms with Gasteiger partial charge >= 0.3 is 0 Å².